The number of alkyl halides is 6. The van der Waals surface area contributed by atoms with Crippen molar-refractivity contribution in [3.63, 3.8) is 0 Å². The van der Waals surface area contributed by atoms with Gasteiger partial charge >= 0.3 is 18.4 Å². The highest BCUT2D eigenvalue weighted by atomic mass is 35.5. The molecule has 1 heterocycles. The second-order valence-electron chi connectivity index (χ2n) is 6.61. The van der Waals surface area contributed by atoms with Crippen LogP contribution < -0.4 is 10.1 Å². The van der Waals surface area contributed by atoms with Gasteiger partial charge in [-0.15, -0.1) is 0 Å². The highest BCUT2D eigenvalue weighted by Gasteiger charge is 2.40. The minimum atomic E-state index is -5.02. The van der Waals surface area contributed by atoms with E-state index in [1.807, 2.05) is 0 Å². The van der Waals surface area contributed by atoms with Gasteiger partial charge < -0.3 is 10.1 Å². The van der Waals surface area contributed by atoms with Gasteiger partial charge in [-0.1, -0.05) is 29.3 Å². The molecule has 1 amide bonds. The summed E-state index contributed by atoms with van der Waals surface area (Å²) in [6.45, 7) is -0.00538. The van der Waals surface area contributed by atoms with Crippen LogP contribution in [0.2, 0.25) is 10.0 Å². The summed E-state index contributed by atoms with van der Waals surface area (Å²) in [6.07, 6.45) is -9.96. The summed E-state index contributed by atoms with van der Waals surface area (Å²) in [6, 6.07) is 7.61. The molecule has 2 aromatic carbocycles. The van der Waals surface area contributed by atoms with Gasteiger partial charge in [0.25, 0.3) is 0 Å². The first-order valence-corrected chi connectivity index (χ1v) is 9.84. The van der Waals surface area contributed by atoms with Crippen molar-refractivity contribution < 1.29 is 35.9 Å². The monoisotopic (exact) mass is 511 g/mol. The zero-order chi connectivity index (χ0) is 24.4. The summed E-state index contributed by atoms with van der Waals surface area (Å²) < 4.78 is 84.1. The van der Waals surface area contributed by atoms with E-state index in [0.29, 0.717) is 38.6 Å². The third-order valence-corrected chi connectivity index (χ3v) is 4.91. The van der Waals surface area contributed by atoms with E-state index in [4.69, 9.17) is 27.9 Å². The lowest BCUT2D eigenvalue weighted by Crippen LogP contribution is -2.29. The summed E-state index contributed by atoms with van der Waals surface area (Å²) in [7, 11) is 0. The maximum atomic E-state index is 13.6. The molecule has 0 aliphatic rings. The largest absolute Gasteiger partial charge is 0.437 e. The molecular formula is C20H13Cl2F6N3O2. The predicted octanol–water partition coefficient (Wildman–Crippen LogP) is 6.55. The van der Waals surface area contributed by atoms with Crippen molar-refractivity contribution in [2.45, 2.75) is 18.8 Å². The van der Waals surface area contributed by atoms with Crippen molar-refractivity contribution in [3.8, 4) is 11.4 Å². The zero-order valence-corrected chi connectivity index (χ0v) is 17.8. The number of amides is 1. The molecule has 0 spiro atoms. The van der Waals surface area contributed by atoms with Gasteiger partial charge in [-0.25, -0.2) is 9.48 Å². The number of carbonyl (C=O) groups is 1. The van der Waals surface area contributed by atoms with Gasteiger partial charge in [0.1, 0.15) is 0 Å². The molecule has 0 bridgehead atoms. The number of halogens is 8. The van der Waals surface area contributed by atoms with E-state index in [0.717, 1.165) is 12.1 Å². The average molecular weight is 512 g/mol. The molecule has 0 fully saturated rings. The minimum Gasteiger partial charge on any atom is -0.406 e. The van der Waals surface area contributed by atoms with E-state index < -0.39 is 35.5 Å². The Balaban J connectivity index is 1.74. The summed E-state index contributed by atoms with van der Waals surface area (Å²) in [5.74, 6) is -0.913. The number of hydrogen-bond acceptors (Lipinski definition) is 3. The lowest BCUT2D eigenvalue weighted by Gasteiger charge is -2.13. The van der Waals surface area contributed by atoms with Crippen molar-refractivity contribution in [1.29, 1.82) is 0 Å². The fraction of sp³-hybridized carbons (Fsp3) is 0.200. The van der Waals surface area contributed by atoms with Crippen LogP contribution in [0, 0.1) is 0 Å². The van der Waals surface area contributed by atoms with Crippen LogP contribution in [0.1, 0.15) is 16.8 Å². The molecule has 0 saturated carbocycles. The first kappa shape index (κ1) is 24.7. The molecule has 5 nitrogen and oxygen atoms in total. The lowest BCUT2D eigenvalue weighted by molar-refractivity contribution is -0.144. The van der Waals surface area contributed by atoms with Crippen LogP contribution in [-0.2, 0) is 18.8 Å². The summed E-state index contributed by atoms with van der Waals surface area (Å²) in [4.78, 5) is 12.0. The Morgan fingerprint density at radius 1 is 1.00 bits per heavy atom. The van der Waals surface area contributed by atoms with E-state index in [2.05, 4.69) is 10.4 Å². The smallest absolute Gasteiger partial charge is 0.406 e. The van der Waals surface area contributed by atoms with Gasteiger partial charge in [0.05, 0.1) is 17.4 Å². The molecule has 0 aliphatic carbocycles. The van der Waals surface area contributed by atoms with Crippen LogP contribution >= 0.6 is 23.2 Å². The van der Waals surface area contributed by atoms with Crippen molar-refractivity contribution in [2.24, 2.45) is 0 Å². The van der Waals surface area contributed by atoms with Crippen LogP contribution in [-0.4, -0.2) is 22.4 Å². The van der Waals surface area contributed by atoms with E-state index in [1.165, 1.54) is 6.07 Å². The van der Waals surface area contributed by atoms with E-state index in [9.17, 15) is 31.1 Å². The van der Waals surface area contributed by atoms with Crippen LogP contribution in [0.15, 0.2) is 48.7 Å². The third-order valence-electron chi connectivity index (χ3n) is 4.32. The summed E-state index contributed by atoms with van der Waals surface area (Å²) in [5, 5.41) is 6.59. The van der Waals surface area contributed by atoms with E-state index in [-0.39, 0.29) is 18.7 Å². The first-order valence-electron chi connectivity index (χ1n) is 9.08. The Morgan fingerprint density at radius 3 is 2.24 bits per heavy atom. The summed E-state index contributed by atoms with van der Waals surface area (Å²) >= 11 is 11.8. The highest BCUT2D eigenvalue weighted by Crippen LogP contribution is 2.38. The first-order chi connectivity index (χ1) is 15.4. The lowest BCUT2D eigenvalue weighted by atomic mass is 10.1. The number of nitrogens with zero attached hydrogens (tertiary/aromatic N) is 2. The topological polar surface area (TPSA) is 56.1 Å². The molecule has 1 aromatic heterocycles. The standard InChI is InChI=1S/C20H13Cl2F6N3O2/c21-13-4-1-11(15(22)9-13)7-8-29-18(32)33-16-10-30-31(17(16)20(26,27)28)14-5-2-12(3-6-14)19(23,24)25/h1-6,9-10H,7-8H2,(H,29,32). The Morgan fingerprint density at radius 2 is 1.67 bits per heavy atom. The van der Waals surface area contributed by atoms with Crippen molar-refractivity contribution in [3.05, 3.63) is 75.5 Å². The van der Waals surface area contributed by atoms with Crippen molar-refractivity contribution >= 4 is 29.3 Å². The van der Waals surface area contributed by atoms with Gasteiger partial charge in [0.15, 0.2) is 11.4 Å². The molecule has 176 valence electrons. The van der Waals surface area contributed by atoms with Gasteiger partial charge in [-0.3, -0.25) is 0 Å². The van der Waals surface area contributed by atoms with Gasteiger partial charge in [-0.05, 0) is 48.4 Å². The van der Waals surface area contributed by atoms with E-state index >= 15 is 0 Å². The number of rotatable bonds is 5. The maximum Gasteiger partial charge on any atom is 0.437 e. The Hall–Kier alpha value is -2.92. The van der Waals surface area contributed by atoms with Crippen molar-refractivity contribution in [2.75, 3.05) is 6.54 Å². The fourth-order valence-corrected chi connectivity index (χ4v) is 3.32. The van der Waals surface area contributed by atoms with Crippen LogP contribution in [0.25, 0.3) is 5.69 Å². The molecule has 0 unspecified atom stereocenters. The number of benzene rings is 2. The minimum absolute atomic E-state index is 0.00538. The van der Waals surface area contributed by atoms with Gasteiger partial charge in [0.2, 0.25) is 0 Å². The van der Waals surface area contributed by atoms with Crippen LogP contribution in [0.3, 0.4) is 0 Å². The molecule has 1 N–H and O–H groups in total. The molecule has 3 rings (SSSR count). The Labute approximate surface area is 192 Å². The number of nitrogens with one attached hydrogen (secondary N) is 1. The predicted molar refractivity (Wildman–Crippen MR) is 108 cm³/mol. The quantitative estimate of drug-likeness (QED) is 0.395. The number of hydrogen-bond donors (Lipinski definition) is 1. The molecule has 0 saturated heterocycles. The third kappa shape index (κ3) is 6.11. The molecule has 0 atom stereocenters. The zero-order valence-electron chi connectivity index (χ0n) is 16.3. The highest BCUT2D eigenvalue weighted by molar-refractivity contribution is 6.35. The fourth-order valence-electron chi connectivity index (χ4n) is 2.81. The van der Waals surface area contributed by atoms with Crippen LogP contribution in [0.4, 0.5) is 31.1 Å². The average Bonchev–Trinajstić information content (AvgIpc) is 3.13. The van der Waals surface area contributed by atoms with Gasteiger partial charge in [-0.2, -0.15) is 31.4 Å². The SMILES string of the molecule is O=C(NCCc1ccc(Cl)cc1Cl)Oc1cnn(-c2ccc(C(F)(F)F)cc2)c1C(F)(F)F. The molecular weight excluding hydrogens is 499 g/mol. The summed E-state index contributed by atoms with van der Waals surface area (Å²) in [5.41, 5.74) is -2.16. The molecule has 3 aromatic rings. The van der Waals surface area contributed by atoms with Gasteiger partial charge in [0, 0.05) is 16.6 Å². The molecule has 0 radical (unpaired) electrons. The Bertz CT molecular complexity index is 1140. The number of ether oxygens (including phenoxy) is 1. The normalized spacial score (nSPS) is 12.0. The number of aromatic nitrogens is 2. The second-order valence-corrected chi connectivity index (χ2v) is 7.46. The maximum absolute atomic E-state index is 13.6. The molecule has 13 heteroatoms. The Kier molecular flexibility index (Phi) is 7.13. The van der Waals surface area contributed by atoms with Crippen LogP contribution in [0.5, 0.6) is 5.75 Å². The van der Waals surface area contributed by atoms with Crippen molar-refractivity contribution in [1.82, 2.24) is 15.1 Å². The molecule has 0 aliphatic heterocycles. The second kappa shape index (κ2) is 9.52. The molecule has 33 heavy (non-hydrogen) atoms. The van der Waals surface area contributed by atoms with E-state index in [1.54, 1.807) is 12.1 Å². The number of carbonyl (C=O) groups excluding carboxylic acids is 1.